The van der Waals surface area contributed by atoms with E-state index >= 15 is 0 Å². The average Bonchev–Trinajstić information content (AvgIpc) is 0.764. The van der Waals surface area contributed by atoms with Gasteiger partial charge in [-0.25, -0.2) is 0 Å². The number of nitrogens with zero attached hydrogens (tertiary/aromatic N) is 2. The van der Waals surface area contributed by atoms with E-state index < -0.39 is 0 Å². The summed E-state index contributed by atoms with van der Waals surface area (Å²) in [4.78, 5) is 4.91. The molecule has 0 fully saturated rings. The summed E-state index contributed by atoms with van der Waals surface area (Å²) in [6.07, 6.45) is 31.9. The molecule has 0 aromatic heterocycles. The quantitative estimate of drug-likeness (QED) is 0.0523. The Morgan fingerprint density at radius 2 is 0.517 bits per heavy atom. The minimum Gasteiger partial charge on any atom is -0.310 e. The van der Waals surface area contributed by atoms with Crippen LogP contribution in [0.1, 0.15) is 126 Å². The molecule has 0 bridgehead atoms. The molecule has 2 nitrogen and oxygen atoms in total. The lowest BCUT2D eigenvalue weighted by molar-refractivity contribution is 0.685. The number of aryl methyl sites for hydroxylation is 6. The van der Waals surface area contributed by atoms with Crippen LogP contribution in [0.5, 0.6) is 0 Å². The first kappa shape index (κ1) is 76.5. The highest BCUT2D eigenvalue weighted by Gasteiger charge is 2.23. The summed E-state index contributed by atoms with van der Waals surface area (Å²) in [6.45, 7) is 4.30. The molecule has 0 saturated heterocycles. The summed E-state index contributed by atoms with van der Waals surface area (Å²) >= 11 is 0. The van der Waals surface area contributed by atoms with Crippen molar-refractivity contribution in [2.75, 3.05) is 9.80 Å². The van der Waals surface area contributed by atoms with Gasteiger partial charge in [0.15, 0.2) is 0 Å². The van der Waals surface area contributed by atoms with Gasteiger partial charge in [-0.15, -0.1) is 0 Å². The van der Waals surface area contributed by atoms with Crippen LogP contribution in [0, 0.1) is 13.8 Å². The lowest BCUT2D eigenvalue weighted by Crippen LogP contribution is -2.12. The van der Waals surface area contributed by atoms with Crippen molar-refractivity contribution in [2.45, 2.75) is 65.2 Å². The summed E-state index contributed by atoms with van der Waals surface area (Å²) < 4.78 is 0. The van der Waals surface area contributed by atoms with Crippen LogP contribution in [0.15, 0.2) is 425 Å². The summed E-state index contributed by atoms with van der Waals surface area (Å²) in [6, 6.07) is 141. The third-order valence-electron chi connectivity index (χ3n) is 23.0. The number of allylic oxidation sites excluding steroid dienone is 6. The standard InChI is InChI=1S/C58H49N.C58H47N/c1-42-24-30-48(31-25-42)57(49-32-26-43(2)27-33-49)41-51-35-39-58(56-22-12-11-21-55(51)56)59(53-38-34-45-15-9-10-20-50(45)40-53)52-36-28-44(29-37-52)14-13-23-54(46-16-5-3-6-17-46)47-18-7-4-8-19-47;1-5-21-46(22-6-1)54(47-23-7-2-8-24-47)33-17-19-44-35-39-52(40-36-44)59(53-41-37-45-20-13-14-29-51(45)43-53)58-42-38-50(56-31-15-16-32-57(56)58)30-18-34-55(48-25-9-3-10-26-48)49-27-11-4-12-28-49/h3-8,11-14,16-19,21-41H,9-10,15,20H2,1-2H3;1-12,15-19,21-28,30-43H,13-14,20,29H2/b14-13+;19-17+,30-18+. The van der Waals surface area contributed by atoms with Crippen LogP contribution in [-0.2, 0) is 25.7 Å². The fourth-order valence-electron chi connectivity index (χ4n) is 16.8. The van der Waals surface area contributed by atoms with E-state index in [0.29, 0.717) is 0 Å². The van der Waals surface area contributed by atoms with Gasteiger partial charge in [0.1, 0.15) is 0 Å². The third-order valence-corrected chi connectivity index (χ3v) is 23.0. The first-order valence-electron chi connectivity index (χ1n) is 41.8. The first-order valence-corrected chi connectivity index (χ1v) is 41.8. The maximum Gasteiger partial charge on any atom is 0.0540 e. The molecule has 0 N–H and O–H groups in total. The second kappa shape index (κ2) is 37.0. The zero-order chi connectivity index (χ0) is 79.6. The zero-order valence-corrected chi connectivity index (χ0v) is 67.3. The normalized spacial score (nSPS) is 12.3. The van der Waals surface area contributed by atoms with Crippen LogP contribution in [0.4, 0.5) is 34.1 Å². The summed E-state index contributed by atoms with van der Waals surface area (Å²) in [5.41, 5.74) is 34.6. The van der Waals surface area contributed by atoms with Crippen molar-refractivity contribution >= 4 is 102 Å². The summed E-state index contributed by atoms with van der Waals surface area (Å²) in [5, 5.41) is 4.88. The van der Waals surface area contributed by atoms with Gasteiger partial charge in [0.25, 0.3) is 0 Å². The Balaban J connectivity index is 0.000000169. The van der Waals surface area contributed by atoms with E-state index in [1.54, 1.807) is 0 Å². The maximum atomic E-state index is 2.46. The average molecular weight is 1520 g/mol. The number of hydrogen-bond acceptors (Lipinski definition) is 2. The maximum absolute atomic E-state index is 2.46. The number of benzene rings is 16. The predicted molar refractivity (Wildman–Crippen MR) is 507 cm³/mol. The van der Waals surface area contributed by atoms with E-state index in [1.165, 1.54) is 181 Å². The molecule has 0 aliphatic heterocycles. The smallest absolute Gasteiger partial charge is 0.0540 e. The van der Waals surface area contributed by atoms with Gasteiger partial charge in [-0.1, -0.05) is 393 Å². The molecule has 2 aliphatic rings. The molecule has 0 amide bonds. The van der Waals surface area contributed by atoms with Crippen molar-refractivity contribution in [1.82, 2.24) is 0 Å². The highest BCUT2D eigenvalue weighted by molar-refractivity contribution is 6.07. The fourth-order valence-corrected chi connectivity index (χ4v) is 16.8. The number of anilines is 6. The Morgan fingerprint density at radius 3 is 0.873 bits per heavy atom. The molecule has 118 heavy (non-hydrogen) atoms. The topological polar surface area (TPSA) is 6.48 Å². The fraction of sp³-hybridized carbons (Fsp3) is 0.0862. The van der Waals surface area contributed by atoms with Crippen LogP contribution in [0.25, 0.3) is 68.1 Å². The molecule has 0 radical (unpaired) electrons. The van der Waals surface area contributed by atoms with Crippen LogP contribution in [0.3, 0.4) is 0 Å². The molecule has 0 heterocycles. The van der Waals surface area contributed by atoms with E-state index in [4.69, 9.17) is 0 Å². The van der Waals surface area contributed by atoms with Crippen molar-refractivity contribution in [3.05, 3.63) is 525 Å². The number of rotatable bonds is 21. The molecule has 16 aromatic carbocycles. The Kier molecular flexibility index (Phi) is 23.9. The minimum atomic E-state index is 1.13. The second-order valence-corrected chi connectivity index (χ2v) is 30.9. The van der Waals surface area contributed by atoms with E-state index in [-0.39, 0.29) is 0 Å². The molecule has 0 spiro atoms. The number of hydrogen-bond donors (Lipinski definition) is 0. The van der Waals surface area contributed by atoms with Crippen LogP contribution in [-0.4, -0.2) is 0 Å². The van der Waals surface area contributed by atoms with E-state index in [9.17, 15) is 0 Å². The van der Waals surface area contributed by atoms with Crippen molar-refractivity contribution in [2.24, 2.45) is 0 Å². The summed E-state index contributed by atoms with van der Waals surface area (Å²) in [5.74, 6) is 0. The Morgan fingerprint density at radius 1 is 0.229 bits per heavy atom. The van der Waals surface area contributed by atoms with Gasteiger partial charge in [-0.2, -0.15) is 0 Å². The van der Waals surface area contributed by atoms with Crippen LogP contribution in [0.2, 0.25) is 0 Å². The number of fused-ring (bicyclic) bond motifs is 4. The van der Waals surface area contributed by atoms with Gasteiger partial charge >= 0.3 is 0 Å². The first-order chi connectivity index (χ1) is 58.3. The van der Waals surface area contributed by atoms with Crippen molar-refractivity contribution in [1.29, 1.82) is 0 Å². The van der Waals surface area contributed by atoms with Crippen molar-refractivity contribution in [3.8, 4) is 0 Å². The largest absolute Gasteiger partial charge is 0.310 e. The Labute approximate surface area is 697 Å². The molecule has 0 saturated carbocycles. The van der Waals surface area contributed by atoms with Crippen molar-refractivity contribution in [3.63, 3.8) is 0 Å². The Hall–Kier alpha value is -14.2. The SMILES string of the molecule is C(/C=C/c1ccc(N(c2ccc3c(c2)CCCC3)c2ccc(/C=C/C=C(c3ccccc3)c3ccccc3)c3ccccc23)cc1)=C(c1ccccc1)c1ccccc1.Cc1ccc(C(=Cc2ccc(N(c3ccc(/C=C/C=C(c4ccccc4)c4ccccc4)cc3)c3ccc4c(c3)CCCC4)c3ccccc23)c2ccc(C)cc2)cc1. The van der Waals surface area contributed by atoms with Gasteiger partial charge in [-0.3, -0.25) is 0 Å². The molecular formula is C116H96N2. The second-order valence-electron chi connectivity index (χ2n) is 30.9. The van der Waals surface area contributed by atoms with Crippen LogP contribution < -0.4 is 9.80 Å². The zero-order valence-electron chi connectivity index (χ0n) is 67.3. The van der Waals surface area contributed by atoms with E-state index in [0.717, 1.165) is 48.2 Å². The summed E-state index contributed by atoms with van der Waals surface area (Å²) in [7, 11) is 0. The van der Waals surface area contributed by atoms with E-state index in [1.807, 2.05) is 0 Å². The Bertz CT molecular complexity index is 6180. The molecule has 2 heteroatoms. The lowest BCUT2D eigenvalue weighted by Gasteiger charge is -2.29. The van der Waals surface area contributed by atoms with Crippen LogP contribution >= 0.6 is 0 Å². The van der Waals surface area contributed by atoms with E-state index in [2.05, 4.69) is 473 Å². The van der Waals surface area contributed by atoms with Gasteiger partial charge in [-0.05, 0) is 254 Å². The lowest BCUT2D eigenvalue weighted by atomic mass is 9.91. The molecule has 2 aliphatic carbocycles. The highest BCUT2D eigenvalue weighted by Crippen LogP contribution is 2.45. The van der Waals surface area contributed by atoms with Crippen molar-refractivity contribution < 1.29 is 0 Å². The predicted octanol–water partition coefficient (Wildman–Crippen LogP) is 31.0. The molecule has 18 rings (SSSR count). The molecule has 0 atom stereocenters. The third kappa shape index (κ3) is 18.0. The van der Waals surface area contributed by atoms with Gasteiger partial charge in [0.05, 0.1) is 11.4 Å². The highest BCUT2D eigenvalue weighted by atomic mass is 15.1. The monoisotopic (exact) mass is 1520 g/mol. The molecule has 570 valence electrons. The molecule has 0 unspecified atom stereocenters. The molecular weight excluding hydrogens is 1420 g/mol. The van der Waals surface area contributed by atoms with Gasteiger partial charge < -0.3 is 9.80 Å². The minimum absolute atomic E-state index is 1.13. The van der Waals surface area contributed by atoms with Gasteiger partial charge in [0, 0.05) is 33.5 Å². The molecule has 16 aromatic rings. The van der Waals surface area contributed by atoms with Gasteiger partial charge in [0.2, 0.25) is 0 Å².